The number of likely N-dealkylation sites (tertiary alicyclic amines) is 1. The molecule has 0 saturated carbocycles. The number of hydrogen-bond acceptors (Lipinski definition) is 2. The minimum absolute atomic E-state index is 0.213. The van der Waals surface area contributed by atoms with Gasteiger partial charge in [0.05, 0.1) is 5.92 Å². The van der Waals surface area contributed by atoms with Crippen LogP contribution in [0.2, 0.25) is 0 Å². The van der Waals surface area contributed by atoms with Gasteiger partial charge in [0.25, 0.3) is 0 Å². The Morgan fingerprint density at radius 1 is 1.21 bits per heavy atom. The van der Waals surface area contributed by atoms with Crippen molar-refractivity contribution in [2.45, 2.75) is 46.1 Å². The lowest BCUT2D eigenvalue weighted by atomic mass is 9.96. The van der Waals surface area contributed by atoms with Gasteiger partial charge in [-0.05, 0) is 62.4 Å². The van der Waals surface area contributed by atoms with Crippen LogP contribution in [-0.4, -0.2) is 40.2 Å². The van der Waals surface area contributed by atoms with Gasteiger partial charge in [-0.1, -0.05) is 37.3 Å². The molecule has 0 amide bonds. The van der Waals surface area contributed by atoms with E-state index in [-0.39, 0.29) is 5.92 Å². The molecule has 1 unspecified atom stereocenters. The fourth-order valence-corrected chi connectivity index (χ4v) is 4.17. The zero-order valence-electron chi connectivity index (χ0n) is 17.1. The van der Waals surface area contributed by atoms with Crippen LogP contribution in [0, 0.1) is 12.8 Å². The molecule has 0 spiro atoms. The highest BCUT2D eigenvalue weighted by Crippen LogP contribution is 2.28. The fraction of sp³-hybridized carbons (Fsp3) is 0.458. The maximum Gasteiger partial charge on any atom is 0.307 e. The van der Waals surface area contributed by atoms with E-state index in [1.807, 2.05) is 0 Å². The first-order valence-electron chi connectivity index (χ1n) is 10.5. The number of carboxylic acids is 1. The van der Waals surface area contributed by atoms with Crippen LogP contribution in [0.1, 0.15) is 49.4 Å². The molecule has 0 aliphatic carbocycles. The van der Waals surface area contributed by atoms with Crippen LogP contribution in [0.5, 0.6) is 0 Å². The van der Waals surface area contributed by atoms with E-state index < -0.39 is 5.97 Å². The minimum atomic E-state index is -0.654. The third-order valence-corrected chi connectivity index (χ3v) is 5.65. The number of piperidine rings is 1. The molecule has 1 fully saturated rings. The summed E-state index contributed by atoms with van der Waals surface area (Å²) in [6.45, 7) is 7.97. The van der Waals surface area contributed by atoms with Crippen molar-refractivity contribution in [3.05, 3.63) is 65.5 Å². The number of rotatable bonds is 8. The van der Waals surface area contributed by atoms with Crippen molar-refractivity contribution in [3.8, 4) is 0 Å². The smallest absolute Gasteiger partial charge is 0.307 e. The van der Waals surface area contributed by atoms with Gasteiger partial charge in [-0.2, -0.15) is 0 Å². The van der Waals surface area contributed by atoms with E-state index in [1.165, 1.54) is 22.4 Å². The molecule has 0 radical (unpaired) electrons. The second-order valence-electron chi connectivity index (χ2n) is 7.79. The maximum atomic E-state index is 11.3. The highest BCUT2D eigenvalue weighted by atomic mass is 16.4. The van der Waals surface area contributed by atoms with Crippen molar-refractivity contribution in [2.75, 3.05) is 19.6 Å². The number of carbonyl (C=O) groups is 1. The lowest BCUT2D eigenvalue weighted by Gasteiger charge is -2.30. The standard InChI is InChI=1S/C24H32N2O2/c1-3-14-26-17-8-13-23(26)22(21-11-5-4-9-19(21)2)12-7-16-25-15-6-10-20(18-25)24(27)28/h4-5,8-9,11-13,17,20H,3,6-7,10,14-16,18H2,1-2H3,(H,27,28). The van der Waals surface area contributed by atoms with Gasteiger partial charge < -0.3 is 14.6 Å². The molecular weight excluding hydrogens is 348 g/mol. The molecule has 0 bridgehead atoms. The van der Waals surface area contributed by atoms with Crippen LogP contribution >= 0.6 is 0 Å². The summed E-state index contributed by atoms with van der Waals surface area (Å²) >= 11 is 0. The topological polar surface area (TPSA) is 45.5 Å². The van der Waals surface area contributed by atoms with E-state index in [9.17, 15) is 9.90 Å². The first-order chi connectivity index (χ1) is 13.6. The number of nitrogens with zero attached hydrogens (tertiary/aromatic N) is 2. The molecule has 1 N–H and O–H groups in total. The molecule has 1 atom stereocenters. The van der Waals surface area contributed by atoms with Crippen LogP contribution < -0.4 is 0 Å². The second kappa shape index (κ2) is 9.74. The third kappa shape index (κ3) is 4.93. The predicted octanol–water partition coefficient (Wildman–Crippen LogP) is 4.82. The van der Waals surface area contributed by atoms with Gasteiger partial charge >= 0.3 is 5.97 Å². The van der Waals surface area contributed by atoms with E-state index in [2.05, 4.69) is 72.0 Å². The number of benzene rings is 1. The SMILES string of the molecule is CCCn1cccc1C(=CCCN1CCCC(C(=O)O)C1)c1ccccc1C. The minimum Gasteiger partial charge on any atom is -0.481 e. The van der Waals surface area contributed by atoms with Crippen molar-refractivity contribution in [3.63, 3.8) is 0 Å². The number of carboxylic acid groups (broad SMARTS) is 1. The van der Waals surface area contributed by atoms with Crippen molar-refractivity contribution >= 4 is 11.5 Å². The Hall–Kier alpha value is -2.33. The number of aliphatic carboxylic acids is 1. The molecule has 150 valence electrons. The van der Waals surface area contributed by atoms with Gasteiger partial charge in [0.15, 0.2) is 0 Å². The van der Waals surface area contributed by atoms with Gasteiger partial charge in [-0.3, -0.25) is 4.79 Å². The summed E-state index contributed by atoms with van der Waals surface area (Å²) in [6, 6.07) is 12.9. The zero-order valence-corrected chi connectivity index (χ0v) is 17.1. The quantitative estimate of drug-likeness (QED) is 0.714. The Kier molecular flexibility index (Phi) is 7.10. The lowest BCUT2D eigenvalue weighted by Crippen LogP contribution is -2.39. The van der Waals surface area contributed by atoms with E-state index >= 15 is 0 Å². The largest absolute Gasteiger partial charge is 0.481 e. The summed E-state index contributed by atoms with van der Waals surface area (Å²) in [5.41, 5.74) is 5.10. The average Bonchev–Trinajstić information content (AvgIpc) is 3.15. The van der Waals surface area contributed by atoms with Gasteiger partial charge in [0.1, 0.15) is 0 Å². The van der Waals surface area contributed by atoms with Crippen molar-refractivity contribution < 1.29 is 9.90 Å². The van der Waals surface area contributed by atoms with E-state index in [0.717, 1.165) is 45.3 Å². The number of aryl methyl sites for hydroxylation is 2. The van der Waals surface area contributed by atoms with E-state index in [4.69, 9.17) is 0 Å². The molecule has 2 heterocycles. The molecule has 1 aliphatic rings. The van der Waals surface area contributed by atoms with Crippen LogP contribution in [0.25, 0.3) is 5.57 Å². The molecule has 1 aliphatic heterocycles. The molecule has 1 saturated heterocycles. The molecule has 3 rings (SSSR count). The molecule has 4 heteroatoms. The molecule has 28 heavy (non-hydrogen) atoms. The third-order valence-electron chi connectivity index (χ3n) is 5.65. The summed E-state index contributed by atoms with van der Waals surface area (Å²) in [6.07, 6.45) is 8.31. The van der Waals surface area contributed by atoms with Crippen LogP contribution in [0.4, 0.5) is 0 Å². The first kappa shape index (κ1) is 20.4. The number of aromatic nitrogens is 1. The molecule has 1 aromatic heterocycles. The Bertz CT molecular complexity index is 822. The Balaban J connectivity index is 1.80. The molecule has 4 nitrogen and oxygen atoms in total. The zero-order chi connectivity index (χ0) is 19.9. The first-order valence-corrected chi connectivity index (χ1v) is 10.5. The lowest BCUT2D eigenvalue weighted by molar-refractivity contribution is -0.143. The highest BCUT2D eigenvalue weighted by molar-refractivity contribution is 5.80. The molecular formula is C24H32N2O2. The van der Waals surface area contributed by atoms with Crippen LogP contribution in [0.3, 0.4) is 0 Å². The average molecular weight is 381 g/mol. The predicted molar refractivity (Wildman–Crippen MR) is 114 cm³/mol. The Labute approximate surface area is 168 Å². The highest BCUT2D eigenvalue weighted by Gasteiger charge is 2.24. The monoisotopic (exact) mass is 380 g/mol. The van der Waals surface area contributed by atoms with Crippen molar-refractivity contribution in [1.29, 1.82) is 0 Å². The summed E-state index contributed by atoms with van der Waals surface area (Å²) in [7, 11) is 0. The fourth-order valence-electron chi connectivity index (χ4n) is 4.17. The van der Waals surface area contributed by atoms with Gasteiger partial charge in [0, 0.05) is 37.1 Å². The van der Waals surface area contributed by atoms with Crippen molar-refractivity contribution in [1.82, 2.24) is 9.47 Å². The molecule has 2 aromatic rings. The van der Waals surface area contributed by atoms with Crippen LogP contribution in [-0.2, 0) is 11.3 Å². The van der Waals surface area contributed by atoms with E-state index in [1.54, 1.807) is 0 Å². The Morgan fingerprint density at radius 2 is 2.04 bits per heavy atom. The summed E-state index contributed by atoms with van der Waals surface area (Å²) < 4.78 is 2.33. The molecule has 1 aromatic carbocycles. The summed E-state index contributed by atoms with van der Waals surface area (Å²) in [5.74, 6) is -0.867. The van der Waals surface area contributed by atoms with Crippen LogP contribution in [0.15, 0.2) is 48.7 Å². The summed E-state index contributed by atoms with van der Waals surface area (Å²) in [4.78, 5) is 13.6. The van der Waals surface area contributed by atoms with Crippen molar-refractivity contribution in [2.24, 2.45) is 5.92 Å². The van der Waals surface area contributed by atoms with Gasteiger partial charge in [0.2, 0.25) is 0 Å². The number of hydrogen-bond donors (Lipinski definition) is 1. The second-order valence-corrected chi connectivity index (χ2v) is 7.79. The van der Waals surface area contributed by atoms with Gasteiger partial charge in [-0.15, -0.1) is 0 Å². The normalized spacial score (nSPS) is 18.4. The maximum absolute atomic E-state index is 11.3. The van der Waals surface area contributed by atoms with E-state index in [0.29, 0.717) is 6.54 Å². The Morgan fingerprint density at radius 3 is 2.79 bits per heavy atom. The summed E-state index contributed by atoms with van der Waals surface area (Å²) in [5, 5.41) is 9.31. The van der Waals surface area contributed by atoms with Gasteiger partial charge in [-0.25, -0.2) is 0 Å².